The maximum atomic E-state index is 12.0. The molecule has 1 saturated carbocycles. The number of amides is 1. The smallest absolute Gasteiger partial charge is 0.234 e. The molecule has 3 saturated heterocycles. The highest BCUT2D eigenvalue weighted by molar-refractivity contribution is 5.78. The summed E-state index contributed by atoms with van der Waals surface area (Å²) in [5.74, 6) is -0.481. The Bertz CT molecular complexity index is 893. The second-order valence-electron chi connectivity index (χ2n) is 11.3. The van der Waals surface area contributed by atoms with Gasteiger partial charge >= 0.3 is 0 Å². The molecule has 0 spiro atoms. The minimum Gasteiger partial charge on any atom is -0.394 e. The molecule has 0 radical (unpaired) electrons. The van der Waals surface area contributed by atoms with Crippen LogP contribution in [0.15, 0.2) is 0 Å². The first-order valence-corrected chi connectivity index (χ1v) is 14.1. The van der Waals surface area contributed by atoms with Gasteiger partial charge in [0.1, 0.15) is 42.7 Å². The number of hydrogen-bond acceptors (Lipinski definition) is 17. The molecule has 3 heterocycles. The highest BCUT2D eigenvalue weighted by Gasteiger charge is 2.54. The third-order valence-electron chi connectivity index (χ3n) is 8.35. The molecule has 4 aliphatic rings. The normalized spacial score (nSPS) is 49.7. The Hall–Kier alpha value is -1.17. The van der Waals surface area contributed by atoms with Gasteiger partial charge in [-0.15, -0.1) is 0 Å². The number of fused-ring (bicyclic) bond motifs is 1. The van der Waals surface area contributed by atoms with Crippen LogP contribution >= 0.6 is 0 Å². The van der Waals surface area contributed by atoms with Crippen LogP contribution in [0.4, 0.5) is 0 Å². The molecule has 0 aromatic rings. The Morgan fingerprint density at radius 3 is 2.14 bits per heavy atom. The zero-order valence-corrected chi connectivity index (χ0v) is 23.5. The number of likely N-dealkylation sites (N-methyl/N-ethyl adjacent to an activating group) is 2. The molecule has 1 amide bonds. The van der Waals surface area contributed by atoms with Gasteiger partial charge < -0.3 is 87.5 Å². The zero-order chi connectivity index (χ0) is 30.9. The topological polar surface area (TPSA) is 299 Å². The Morgan fingerprint density at radius 1 is 0.786 bits per heavy atom. The Morgan fingerprint density at radius 2 is 1.50 bits per heavy atom. The van der Waals surface area contributed by atoms with Crippen LogP contribution in [0.5, 0.6) is 0 Å². The lowest BCUT2D eigenvalue weighted by atomic mass is 9.84. The van der Waals surface area contributed by atoms with Gasteiger partial charge in [0.15, 0.2) is 18.9 Å². The third-order valence-corrected chi connectivity index (χ3v) is 8.35. The van der Waals surface area contributed by atoms with Gasteiger partial charge in [-0.25, -0.2) is 0 Å². The first kappa shape index (κ1) is 33.7. The monoisotopic (exact) mass is 610 g/mol. The van der Waals surface area contributed by atoms with Gasteiger partial charge in [-0.3, -0.25) is 4.79 Å². The summed E-state index contributed by atoms with van der Waals surface area (Å²) in [7, 11) is 3.10. The predicted octanol–water partition coefficient (Wildman–Crippen LogP) is -7.57. The SMILES string of the molecule is CNCC(=O)N[C@@H]1C(CO)O[C@H](OC2O[C@H]3CC(N)[C@@H](O[C@@H]4C(N)C[C@@H](N)C(O)C4O)OC3C(O)C2NC)C(O)C1O. The van der Waals surface area contributed by atoms with Gasteiger partial charge in [0.25, 0.3) is 0 Å². The van der Waals surface area contributed by atoms with Crippen molar-refractivity contribution in [3.63, 3.8) is 0 Å². The lowest BCUT2D eigenvalue weighted by molar-refractivity contribution is -0.373. The standard InChI is InChI=1S/C24H46N6O12/c1-28-5-12(32)30-13-11(6-31)39-24(19(37)16(13)34)42-23-14(29-2)17(35)21-10(38-23)4-9(27)22(41-21)40-20-8(26)3-7(25)15(33)18(20)36/h7-11,13-24,28-29,31,33-37H,3-6,25-27H2,1-2H3,(H,30,32)/t7-,8?,9?,10+,11?,13-,14?,15?,16?,17?,18?,19?,20-,21?,22+,23?,24-/m1/s1. The largest absolute Gasteiger partial charge is 0.394 e. The molecule has 244 valence electrons. The fraction of sp³-hybridized carbons (Fsp3) is 0.958. The minimum absolute atomic E-state index is 0.0577. The van der Waals surface area contributed by atoms with E-state index in [4.69, 9.17) is 40.9 Å². The Labute approximate surface area is 242 Å². The van der Waals surface area contributed by atoms with E-state index in [-0.39, 0.29) is 19.4 Å². The molecule has 3 aliphatic heterocycles. The summed E-state index contributed by atoms with van der Waals surface area (Å²) in [5.41, 5.74) is 18.3. The molecule has 11 unspecified atom stereocenters. The van der Waals surface area contributed by atoms with E-state index < -0.39 is 117 Å². The zero-order valence-electron chi connectivity index (χ0n) is 23.5. The number of aliphatic hydroxyl groups excluding tert-OH is 6. The average molecular weight is 611 g/mol. The van der Waals surface area contributed by atoms with Gasteiger partial charge in [-0.1, -0.05) is 0 Å². The van der Waals surface area contributed by atoms with Gasteiger partial charge in [0.05, 0.1) is 43.5 Å². The predicted molar refractivity (Wildman–Crippen MR) is 141 cm³/mol. The summed E-state index contributed by atoms with van der Waals surface area (Å²) in [5, 5.41) is 71.3. The number of nitrogens with two attached hydrogens (primary N) is 3. The minimum atomic E-state index is -1.65. The van der Waals surface area contributed by atoms with Crippen molar-refractivity contribution < 1.29 is 59.1 Å². The molecule has 17 atom stereocenters. The molecular weight excluding hydrogens is 564 g/mol. The number of carbonyl (C=O) groups excluding carboxylic acids is 1. The molecule has 0 aromatic carbocycles. The number of aliphatic hydroxyl groups is 6. The second-order valence-corrected chi connectivity index (χ2v) is 11.3. The number of ether oxygens (including phenoxy) is 5. The van der Waals surface area contributed by atoms with Crippen molar-refractivity contribution in [1.29, 1.82) is 0 Å². The van der Waals surface area contributed by atoms with Crippen molar-refractivity contribution in [2.24, 2.45) is 17.2 Å². The van der Waals surface area contributed by atoms with E-state index in [9.17, 15) is 35.4 Å². The number of rotatable bonds is 9. The highest BCUT2D eigenvalue weighted by Crippen LogP contribution is 2.35. The molecule has 4 fully saturated rings. The van der Waals surface area contributed by atoms with Gasteiger partial charge in [0.2, 0.25) is 5.91 Å². The highest BCUT2D eigenvalue weighted by atomic mass is 16.8. The number of hydrogen-bond donors (Lipinski definition) is 12. The van der Waals surface area contributed by atoms with E-state index in [1.54, 1.807) is 7.05 Å². The van der Waals surface area contributed by atoms with E-state index in [1.165, 1.54) is 7.05 Å². The first-order valence-electron chi connectivity index (χ1n) is 14.1. The average Bonchev–Trinajstić information content (AvgIpc) is 2.94. The molecule has 18 heteroatoms. The molecule has 1 aliphatic carbocycles. The van der Waals surface area contributed by atoms with Crippen LogP contribution in [0.2, 0.25) is 0 Å². The van der Waals surface area contributed by atoms with Crippen molar-refractivity contribution in [3.8, 4) is 0 Å². The van der Waals surface area contributed by atoms with Crippen molar-refractivity contribution in [2.75, 3.05) is 27.2 Å². The van der Waals surface area contributed by atoms with E-state index in [2.05, 4.69) is 16.0 Å². The van der Waals surface area contributed by atoms with Crippen LogP contribution in [-0.2, 0) is 28.5 Å². The van der Waals surface area contributed by atoms with Crippen molar-refractivity contribution >= 4 is 5.91 Å². The van der Waals surface area contributed by atoms with E-state index in [0.29, 0.717) is 0 Å². The fourth-order valence-electron chi connectivity index (χ4n) is 6.00. The summed E-state index contributed by atoms with van der Waals surface area (Å²) in [4.78, 5) is 12.0. The Balaban J connectivity index is 1.42. The van der Waals surface area contributed by atoms with Crippen LogP contribution in [-0.4, -0.2) is 168 Å². The van der Waals surface area contributed by atoms with E-state index in [0.717, 1.165) is 0 Å². The lowest BCUT2D eigenvalue weighted by Gasteiger charge is -2.51. The first-order chi connectivity index (χ1) is 19.9. The number of carbonyl (C=O) groups is 1. The van der Waals surface area contributed by atoms with Crippen LogP contribution in [0, 0.1) is 0 Å². The third kappa shape index (κ3) is 6.89. The van der Waals surface area contributed by atoms with Gasteiger partial charge in [-0.05, 0) is 26.9 Å². The molecule has 42 heavy (non-hydrogen) atoms. The summed E-state index contributed by atoms with van der Waals surface area (Å²) >= 11 is 0. The van der Waals surface area contributed by atoms with Crippen molar-refractivity contribution in [2.45, 2.75) is 117 Å². The van der Waals surface area contributed by atoms with Crippen molar-refractivity contribution in [1.82, 2.24) is 16.0 Å². The van der Waals surface area contributed by atoms with Crippen LogP contribution < -0.4 is 33.2 Å². The molecule has 4 rings (SSSR count). The quantitative estimate of drug-likeness (QED) is 0.115. The van der Waals surface area contributed by atoms with Crippen LogP contribution in [0.25, 0.3) is 0 Å². The molecular formula is C24H46N6O12. The van der Waals surface area contributed by atoms with Crippen LogP contribution in [0.3, 0.4) is 0 Å². The van der Waals surface area contributed by atoms with Crippen LogP contribution in [0.1, 0.15) is 12.8 Å². The van der Waals surface area contributed by atoms with E-state index >= 15 is 0 Å². The number of nitrogens with one attached hydrogen (secondary N) is 3. The summed E-state index contributed by atoms with van der Waals surface area (Å²) in [6.45, 7) is -0.660. The lowest BCUT2D eigenvalue weighted by Crippen LogP contribution is -2.70. The molecule has 0 bridgehead atoms. The maximum Gasteiger partial charge on any atom is 0.234 e. The van der Waals surface area contributed by atoms with E-state index in [1.807, 2.05) is 0 Å². The molecule has 15 N–H and O–H groups in total. The second kappa shape index (κ2) is 14.3. The fourth-order valence-corrected chi connectivity index (χ4v) is 6.00. The molecule has 0 aromatic heterocycles. The van der Waals surface area contributed by atoms with Gasteiger partial charge in [0, 0.05) is 12.1 Å². The van der Waals surface area contributed by atoms with Gasteiger partial charge in [-0.2, -0.15) is 0 Å². The maximum absolute atomic E-state index is 12.0. The Kier molecular flexibility index (Phi) is 11.5. The van der Waals surface area contributed by atoms with Crippen molar-refractivity contribution in [3.05, 3.63) is 0 Å². The summed E-state index contributed by atoms with van der Waals surface area (Å²) in [6, 6.07) is -4.26. The molecule has 18 nitrogen and oxygen atoms in total. The summed E-state index contributed by atoms with van der Waals surface area (Å²) in [6.07, 6.45) is -14.5. The summed E-state index contributed by atoms with van der Waals surface area (Å²) < 4.78 is 29.5.